The molecule has 5 atom stereocenters. The maximum atomic E-state index is 13.9. The highest BCUT2D eigenvalue weighted by atomic mass is 16.8. The van der Waals surface area contributed by atoms with E-state index in [0.717, 1.165) is 28.9 Å². The summed E-state index contributed by atoms with van der Waals surface area (Å²) in [6.45, 7) is 8.10. The Morgan fingerprint density at radius 1 is 0.977 bits per heavy atom. The van der Waals surface area contributed by atoms with Gasteiger partial charge in [0.1, 0.15) is 17.7 Å². The van der Waals surface area contributed by atoms with Gasteiger partial charge >= 0.3 is 29.6 Å². The van der Waals surface area contributed by atoms with Gasteiger partial charge in [0.05, 0.1) is 26.4 Å². The fourth-order valence-corrected chi connectivity index (χ4v) is 4.78. The summed E-state index contributed by atoms with van der Waals surface area (Å²) in [6, 6.07) is 14.1. The van der Waals surface area contributed by atoms with E-state index in [9.17, 15) is 19.2 Å². The largest absolute Gasteiger partial charge is 0.465 e. The molecule has 2 aromatic carbocycles. The lowest BCUT2D eigenvalue weighted by Crippen LogP contribution is -2.62. The van der Waals surface area contributed by atoms with E-state index in [1.54, 1.807) is 33.8 Å². The van der Waals surface area contributed by atoms with Crippen LogP contribution in [0.1, 0.15) is 50.8 Å². The van der Waals surface area contributed by atoms with Crippen molar-refractivity contribution < 1.29 is 43.0 Å². The predicted octanol–water partition coefficient (Wildman–Crippen LogP) is 2.33. The third-order valence-electron chi connectivity index (χ3n) is 7.16. The maximum Gasteiger partial charge on any atom is 0.370 e. The molecule has 0 bridgehead atoms. The van der Waals surface area contributed by atoms with Crippen molar-refractivity contribution in [2.75, 3.05) is 13.7 Å². The van der Waals surface area contributed by atoms with Crippen LogP contribution in [0.5, 0.6) is 0 Å². The summed E-state index contributed by atoms with van der Waals surface area (Å²) in [6.07, 6.45) is -0.897. The van der Waals surface area contributed by atoms with Gasteiger partial charge in [0.15, 0.2) is 5.92 Å². The highest BCUT2D eigenvalue weighted by Gasteiger charge is 2.70. The minimum Gasteiger partial charge on any atom is -0.465 e. The minimum absolute atomic E-state index is 0.0130. The molecule has 0 saturated carbocycles. The summed E-state index contributed by atoms with van der Waals surface area (Å²) >= 11 is 0. The van der Waals surface area contributed by atoms with Gasteiger partial charge in [-0.15, -0.1) is 0 Å². The Morgan fingerprint density at radius 2 is 1.61 bits per heavy atom. The third kappa shape index (κ3) is 8.20. The molecule has 1 aliphatic rings. The number of aryl methyl sites for hydroxylation is 1. The fraction of sp³-hybridized carbons (Fsp3) is 0.500. The highest BCUT2D eigenvalue weighted by Crippen LogP contribution is 2.42. The molecule has 2 aromatic rings. The Balaban J connectivity index is 2.11. The molecule has 12 heteroatoms. The van der Waals surface area contributed by atoms with Gasteiger partial charge in [0.25, 0.3) is 0 Å². The molecule has 0 amide bonds. The molecule has 44 heavy (non-hydrogen) atoms. The van der Waals surface area contributed by atoms with Crippen molar-refractivity contribution in [2.24, 2.45) is 17.4 Å². The summed E-state index contributed by atoms with van der Waals surface area (Å²) in [5.74, 6) is -5.77. The normalized spacial score (nSPS) is 21.6. The number of methoxy groups -OCH3 is 1. The summed E-state index contributed by atoms with van der Waals surface area (Å²) in [7, 11) is 1.05. The lowest BCUT2D eigenvalue weighted by atomic mass is 9.93. The van der Waals surface area contributed by atoms with Crippen LogP contribution >= 0.6 is 0 Å². The Hall–Kier alpha value is -3.84. The number of hydrogen-bond donors (Lipinski definition) is 2. The second-order valence-corrected chi connectivity index (χ2v) is 11.7. The van der Waals surface area contributed by atoms with Crippen LogP contribution in [-0.2, 0) is 56.0 Å². The second kappa shape index (κ2) is 14.8. The molecule has 1 fully saturated rings. The first-order valence-electron chi connectivity index (χ1n) is 14.5. The standard InChI is InChI=1S/C32H43N3O9/c1-7-23(33)28(37)44-35-18-25(41-19-21-14-9-8-10-15-21)26(29(38)42-31(3,4)5)32(35,30(39)40-6)43-27(36)24(34)17-22-16-12-11-13-20(22)2/h8-16,23-26H,7,17-19,33-34H2,1-6H3. The molecule has 5 unspecified atom stereocenters. The Kier molecular flexibility index (Phi) is 11.6. The topological polar surface area (TPSA) is 170 Å². The Morgan fingerprint density at radius 3 is 2.20 bits per heavy atom. The van der Waals surface area contributed by atoms with Gasteiger partial charge in [-0.1, -0.05) is 66.6 Å². The zero-order chi connectivity index (χ0) is 32.7. The van der Waals surface area contributed by atoms with Crippen molar-refractivity contribution in [1.82, 2.24) is 5.06 Å². The van der Waals surface area contributed by atoms with Crippen LogP contribution in [0.25, 0.3) is 0 Å². The fourth-order valence-electron chi connectivity index (χ4n) is 4.78. The molecule has 0 aromatic heterocycles. The van der Waals surface area contributed by atoms with Crippen molar-refractivity contribution in [3.63, 3.8) is 0 Å². The maximum absolute atomic E-state index is 13.9. The van der Waals surface area contributed by atoms with Crippen molar-refractivity contribution in [3.05, 3.63) is 71.3 Å². The van der Waals surface area contributed by atoms with E-state index in [1.165, 1.54) is 0 Å². The van der Waals surface area contributed by atoms with E-state index in [1.807, 2.05) is 55.5 Å². The monoisotopic (exact) mass is 613 g/mol. The van der Waals surface area contributed by atoms with Gasteiger partial charge in [0, 0.05) is 0 Å². The zero-order valence-electron chi connectivity index (χ0n) is 26.1. The van der Waals surface area contributed by atoms with Gasteiger partial charge in [-0.05, 0) is 57.2 Å². The number of nitrogens with zero attached hydrogens (tertiary/aromatic N) is 1. The van der Waals surface area contributed by atoms with Gasteiger partial charge < -0.3 is 35.3 Å². The van der Waals surface area contributed by atoms with Crippen molar-refractivity contribution in [2.45, 2.75) is 83.6 Å². The van der Waals surface area contributed by atoms with Crippen LogP contribution in [0.15, 0.2) is 54.6 Å². The number of carbonyl (C=O) groups excluding carboxylic acids is 4. The highest BCUT2D eigenvalue weighted by molar-refractivity contribution is 5.92. The van der Waals surface area contributed by atoms with Crippen LogP contribution in [0, 0.1) is 12.8 Å². The molecule has 1 heterocycles. The SMILES string of the molecule is CCC(N)C(=O)ON1CC(OCc2ccccc2)C(C(=O)OC(C)(C)C)C1(OC(=O)C(N)Cc1ccccc1C)C(=O)OC. The number of hydrogen-bond acceptors (Lipinski definition) is 12. The van der Waals surface area contributed by atoms with Crippen molar-refractivity contribution in [1.29, 1.82) is 0 Å². The summed E-state index contributed by atoms with van der Waals surface area (Å²) in [5, 5.41) is 0.791. The van der Waals surface area contributed by atoms with Crippen LogP contribution < -0.4 is 11.5 Å². The van der Waals surface area contributed by atoms with Gasteiger partial charge in [-0.2, -0.15) is 0 Å². The Labute approximate surface area is 257 Å². The summed E-state index contributed by atoms with van der Waals surface area (Å²) in [4.78, 5) is 59.9. The third-order valence-corrected chi connectivity index (χ3v) is 7.16. The van der Waals surface area contributed by atoms with E-state index in [0.29, 0.717) is 0 Å². The molecule has 0 aliphatic carbocycles. The number of nitrogens with two attached hydrogens (primary N) is 2. The van der Waals surface area contributed by atoms with Crippen LogP contribution in [-0.4, -0.2) is 72.1 Å². The quantitative estimate of drug-likeness (QED) is 0.265. The molecule has 12 nitrogen and oxygen atoms in total. The molecule has 1 saturated heterocycles. The van der Waals surface area contributed by atoms with E-state index in [4.69, 9.17) is 35.3 Å². The van der Waals surface area contributed by atoms with Gasteiger partial charge in [0.2, 0.25) is 0 Å². The average molecular weight is 614 g/mol. The van der Waals surface area contributed by atoms with Crippen molar-refractivity contribution in [3.8, 4) is 0 Å². The van der Waals surface area contributed by atoms with Gasteiger partial charge in [-0.25, -0.2) is 9.59 Å². The molecule has 3 rings (SSSR count). The number of esters is 3. The van der Waals surface area contributed by atoms with Crippen LogP contribution in [0.3, 0.4) is 0 Å². The number of hydroxylamine groups is 2. The Bertz CT molecular complexity index is 1310. The molecule has 1 aliphatic heterocycles. The zero-order valence-corrected chi connectivity index (χ0v) is 26.1. The van der Waals surface area contributed by atoms with Gasteiger partial charge in [-0.3, -0.25) is 9.59 Å². The lowest BCUT2D eigenvalue weighted by molar-refractivity contribution is -0.279. The van der Waals surface area contributed by atoms with E-state index < -0.39 is 59.3 Å². The first kappa shape index (κ1) is 34.6. The number of carbonyl (C=O) groups is 4. The van der Waals surface area contributed by atoms with Crippen LogP contribution in [0.4, 0.5) is 0 Å². The first-order valence-corrected chi connectivity index (χ1v) is 14.5. The molecular formula is C32H43N3O9. The average Bonchev–Trinajstić information content (AvgIpc) is 3.29. The smallest absolute Gasteiger partial charge is 0.370 e. The number of rotatable bonds is 12. The summed E-state index contributed by atoms with van der Waals surface area (Å²) in [5.41, 5.74) is 11.0. The first-order chi connectivity index (χ1) is 20.7. The number of ether oxygens (including phenoxy) is 4. The lowest BCUT2D eigenvalue weighted by Gasteiger charge is -2.37. The van der Waals surface area contributed by atoms with E-state index in [2.05, 4.69) is 0 Å². The molecule has 4 N–H and O–H groups in total. The minimum atomic E-state index is -2.65. The summed E-state index contributed by atoms with van der Waals surface area (Å²) < 4.78 is 22.8. The molecule has 0 spiro atoms. The van der Waals surface area contributed by atoms with E-state index in [-0.39, 0.29) is 26.0 Å². The molecule has 0 radical (unpaired) electrons. The molecule has 240 valence electrons. The van der Waals surface area contributed by atoms with Crippen molar-refractivity contribution >= 4 is 23.9 Å². The second-order valence-electron chi connectivity index (χ2n) is 11.7. The van der Waals surface area contributed by atoms with Crippen LogP contribution in [0.2, 0.25) is 0 Å². The number of benzene rings is 2. The predicted molar refractivity (Wildman–Crippen MR) is 159 cm³/mol. The molecular weight excluding hydrogens is 570 g/mol. The van der Waals surface area contributed by atoms with E-state index >= 15 is 0 Å².